The summed E-state index contributed by atoms with van der Waals surface area (Å²) in [6.45, 7) is 1.98. The Labute approximate surface area is 82.3 Å². The van der Waals surface area contributed by atoms with Crippen molar-refractivity contribution in [3.63, 3.8) is 0 Å². The third-order valence-electron chi connectivity index (χ3n) is 2.40. The van der Waals surface area contributed by atoms with Crippen LogP contribution in [0.15, 0.2) is 12.1 Å². The van der Waals surface area contributed by atoms with E-state index in [9.17, 15) is 9.90 Å². The predicted octanol–water partition coefficient (Wildman–Crippen LogP) is 1.46. The number of phenolic OH excluding ortho intramolecular Hbond substituents is 1. The zero-order chi connectivity index (χ0) is 10.1. The molecule has 2 rings (SSSR count). The lowest BCUT2D eigenvalue weighted by atomic mass is 10.0. The van der Waals surface area contributed by atoms with Crippen molar-refractivity contribution < 1.29 is 14.6 Å². The second kappa shape index (κ2) is 3.33. The van der Waals surface area contributed by atoms with E-state index in [4.69, 9.17) is 4.74 Å². The van der Waals surface area contributed by atoms with Crippen molar-refractivity contribution in [1.29, 1.82) is 0 Å². The summed E-state index contributed by atoms with van der Waals surface area (Å²) < 4.78 is 5.47. The molecule has 1 heterocycles. The summed E-state index contributed by atoms with van der Waals surface area (Å²) in [7, 11) is 0. The van der Waals surface area contributed by atoms with Crippen molar-refractivity contribution in [3.05, 3.63) is 23.3 Å². The Morgan fingerprint density at radius 3 is 3.14 bits per heavy atom. The number of hydrogen-bond donors (Lipinski definition) is 1. The van der Waals surface area contributed by atoms with Crippen LogP contribution in [0.4, 0.5) is 0 Å². The summed E-state index contributed by atoms with van der Waals surface area (Å²) in [5, 5.41) is 9.55. The molecule has 0 fully saturated rings. The Morgan fingerprint density at radius 1 is 1.64 bits per heavy atom. The molecule has 0 aromatic heterocycles. The van der Waals surface area contributed by atoms with E-state index < -0.39 is 0 Å². The van der Waals surface area contributed by atoms with Crippen molar-refractivity contribution in [2.75, 3.05) is 0 Å². The number of benzene rings is 1. The standard InChI is InChI=1S/C11H12O3/c1-7-4-9-5-8(2-3-12)10(13)6-11(9)14-7/h3,5-7,13H,2,4H2,1H3. The monoisotopic (exact) mass is 192 g/mol. The van der Waals surface area contributed by atoms with Gasteiger partial charge in [-0.3, -0.25) is 0 Å². The largest absolute Gasteiger partial charge is 0.508 e. The van der Waals surface area contributed by atoms with Crippen molar-refractivity contribution in [1.82, 2.24) is 0 Å². The van der Waals surface area contributed by atoms with Crippen molar-refractivity contribution >= 4 is 6.29 Å². The minimum absolute atomic E-state index is 0.143. The van der Waals surface area contributed by atoms with Gasteiger partial charge >= 0.3 is 0 Å². The molecule has 1 aliphatic rings. The maximum Gasteiger partial charge on any atom is 0.126 e. The molecule has 1 N–H and O–H groups in total. The number of aldehydes is 1. The van der Waals surface area contributed by atoms with Crippen LogP contribution in [0.25, 0.3) is 0 Å². The van der Waals surface area contributed by atoms with Gasteiger partial charge in [-0.1, -0.05) is 0 Å². The van der Waals surface area contributed by atoms with Crippen LogP contribution in [-0.4, -0.2) is 17.5 Å². The molecule has 1 aromatic carbocycles. The van der Waals surface area contributed by atoms with E-state index in [-0.39, 0.29) is 18.3 Å². The van der Waals surface area contributed by atoms with Gasteiger partial charge in [0.15, 0.2) is 0 Å². The second-order valence-electron chi connectivity index (χ2n) is 3.59. The molecule has 0 spiro atoms. The van der Waals surface area contributed by atoms with E-state index in [0.29, 0.717) is 5.56 Å². The molecule has 3 heteroatoms. The Hall–Kier alpha value is -1.51. The van der Waals surface area contributed by atoms with Crippen LogP contribution in [0, 0.1) is 0 Å². The van der Waals surface area contributed by atoms with E-state index in [1.165, 1.54) is 0 Å². The average Bonchev–Trinajstić information content (AvgIpc) is 2.45. The lowest BCUT2D eigenvalue weighted by Crippen LogP contribution is -2.05. The molecular weight excluding hydrogens is 180 g/mol. The van der Waals surface area contributed by atoms with E-state index in [1.807, 2.05) is 13.0 Å². The maximum absolute atomic E-state index is 10.3. The van der Waals surface area contributed by atoms with Crippen molar-refractivity contribution in [3.8, 4) is 11.5 Å². The number of rotatable bonds is 2. The summed E-state index contributed by atoms with van der Waals surface area (Å²) in [5.41, 5.74) is 1.75. The highest BCUT2D eigenvalue weighted by Crippen LogP contribution is 2.34. The van der Waals surface area contributed by atoms with E-state index in [2.05, 4.69) is 0 Å². The Kier molecular flexibility index (Phi) is 2.15. The normalized spacial score (nSPS) is 18.8. The fourth-order valence-corrected chi connectivity index (χ4v) is 1.76. The summed E-state index contributed by atoms with van der Waals surface area (Å²) in [6.07, 6.45) is 2.06. The van der Waals surface area contributed by atoms with Crippen molar-refractivity contribution in [2.24, 2.45) is 0 Å². The van der Waals surface area contributed by atoms with Crippen LogP contribution in [-0.2, 0) is 17.6 Å². The number of phenols is 1. The van der Waals surface area contributed by atoms with Gasteiger partial charge < -0.3 is 14.6 Å². The Bertz CT molecular complexity index is 371. The highest BCUT2D eigenvalue weighted by molar-refractivity contribution is 5.59. The third-order valence-corrected chi connectivity index (χ3v) is 2.40. The number of ether oxygens (including phenoxy) is 1. The molecule has 0 radical (unpaired) electrons. The van der Waals surface area contributed by atoms with Gasteiger partial charge in [-0.15, -0.1) is 0 Å². The number of fused-ring (bicyclic) bond motifs is 1. The van der Waals surface area contributed by atoms with Gasteiger partial charge in [-0.2, -0.15) is 0 Å². The minimum atomic E-state index is 0.143. The van der Waals surface area contributed by atoms with Crippen LogP contribution in [0.2, 0.25) is 0 Å². The number of hydrogen-bond acceptors (Lipinski definition) is 3. The highest BCUT2D eigenvalue weighted by Gasteiger charge is 2.20. The van der Waals surface area contributed by atoms with E-state index in [1.54, 1.807) is 6.07 Å². The first kappa shape index (κ1) is 9.06. The molecule has 0 aliphatic carbocycles. The van der Waals surface area contributed by atoms with Crippen LogP contribution >= 0.6 is 0 Å². The minimum Gasteiger partial charge on any atom is -0.508 e. The molecule has 0 bridgehead atoms. The SMILES string of the molecule is CC1Cc2cc(CC=O)c(O)cc2O1. The fourth-order valence-electron chi connectivity index (χ4n) is 1.76. The molecule has 1 unspecified atom stereocenters. The topological polar surface area (TPSA) is 46.5 Å². The Morgan fingerprint density at radius 2 is 2.43 bits per heavy atom. The van der Waals surface area contributed by atoms with Gasteiger partial charge in [0.05, 0.1) is 0 Å². The lowest BCUT2D eigenvalue weighted by molar-refractivity contribution is -0.107. The molecule has 1 aromatic rings. The quantitative estimate of drug-likeness (QED) is 0.721. The first-order valence-electron chi connectivity index (χ1n) is 4.65. The van der Waals surface area contributed by atoms with Gasteiger partial charge in [-0.25, -0.2) is 0 Å². The smallest absolute Gasteiger partial charge is 0.126 e. The maximum atomic E-state index is 10.3. The first-order valence-corrected chi connectivity index (χ1v) is 4.65. The van der Waals surface area contributed by atoms with Crippen LogP contribution in [0.3, 0.4) is 0 Å². The fraction of sp³-hybridized carbons (Fsp3) is 0.364. The summed E-state index contributed by atoms with van der Waals surface area (Å²) in [4.78, 5) is 10.3. The summed E-state index contributed by atoms with van der Waals surface area (Å²) >= 11 is 0. The Balaban J connectivity index is 2.39. The van der Waals surface area contributed by atoms with Gasteiger partial charge in [0.2, 0.25) is 0 Å². The van der Waals surface area contributed by atoms with E-state index in [0.717, 1.165) is 24.0 Å². The van der Waals surface area contributed by atoms with Gasteiger partial charge in [-0.05, 0) is 18.6 Å². The van der Waals surface area contributed by atoms with Gasteiger partial charge in [0.1, 0.15) is 23.9 Å². The molecule has 0 amide bonds. The predicted molar refractivity (Wildman–Crippen MR) is 51.7 cm³/mol. The van der Waals surface area contributed by atoms with Crippen LogP contribution < -0.4 is 4.74 Å². The van der Waals surface area contributed by atoms with Gasteiger partial charge in [0.25, 0.3) is 0 Å². The molecule has 74 valence electrons. The lowest BCUT2D eigenvalue weighted by Gasteiger charge is -2.05. The molecule has 1 atom stereocenters. The van der Waals surface area contributed by atoms with Crippen LogP contribution in [0.1, 0.15) is 18.1 Å². The van der Waals surface area contributed by atoms with Crippen LogP contribution in [0.5, 0.6) is 11.5 Å². The molecule has 0 saturated heterocycles. The number of carbonyl (C=O) groups excluding carboxylic acids is 1. The summed E-state index contributed by atoms with van der Waals surface area (Å²) in [5.74, 6) is 0.884. The summed E-state index contributed by atoms with van der Waals surface area (Å²) in [6, 6.07) is 3.44. The van der Waals surface area contributed by atoms with E-state index >= 15 is 0 Å². The number of aromatic hydroxyl groups is 1. The number of carbonyl (C=O) groups is 1. The average molecular weight is 192 g/mol. The zero-order valence-electron chi connectivity index (χ0n) is 7.99. The van der Waals surface area contributed by atoms with Gasteiger partial charge in [0, 0.05) is 24.5 Å². The first-order chi connectivity index (χ1) is 6.70. The highest BCUT2D eigenvalue weighted by atomic mass is 16.5. The zero-order valence-corrected chi connectivity index (χ0v) is 7.99. The molecular formula is C11H12O3. The third kappa shape index (κ3) is 1.45. The molecule has 3 nitrogen and oxygen atoms in total. The van der Waals surface area contributed by atoms with Crippen molar-refractivity contribution in [2.45, 2.75) is 25.9 Å². The molecule has 14 heavy (non-hydrogen) atoms. The molecule has 0 saturated carbocycles. The second-order valence-corrected chi connectivity index (χ2v) is 3.59. The molecule has 1 aliphatic heterocycles.